The zero-order chi connectivity index (χ0) is 23.0. The topological polar surface area (TPSA) is 105 Å². The lowest BCUT2D eigenvalue weighted by molar-refractivity contribution is -0.147. The van der Waals surface area contributed by atoms with Crippen LogP contribution >= 0.6 is 0 Å². The number of nitrogens with zero attached hydrogens (tertiary/aromatic N) is 5. The van der Waals surface area contributed by atoms with Crippen LogP contribution in [0.1, 0.15) is 47.9 Å². The smallest absolute Gasteiger partial charge is 0.314 e. The molecular weight excluding hydrogens is 422 g/mol. The lowest BCUT2D eigenvalue weighted by Gasteiger charge is -2.41. The summed E-state index contributed by atoms with van der Waals surface area (Å²) in [5.41, 5.74) is 2.80. The second kappa shape index (κ2) is 8.57. The first kappa shape index (κ1) is 21.5. The molecule has 0 radical (unpaired) electrons. The van der Waals surface area contributed by atoms with Gasteiger partial charge in [-0.3, -0.25) is 9.80 Å². The van der Waals surface area contributed by atoms with Crippen LogP contribution in [-0.4, -0.2) is 50.9 Å². The maximum atomic E-state index is 11.9. The van der Waals surface area contributed by atoms with E-state index in [1.807, 2.05) is 49.2 Å². The molecule has 0 bridgehead atoms. The highest BCUT2D eigenvalue weighted by Gasteiger charge is 2.46. The predicted octanol–water partition coefficient (Wildman–Crippen LogP) is 3.71. The van der Waals surface area contributed by atoms with Gasteiger partial charge in [-0.2, -0.15) is 0 Å². The van der Waals surface area contributed by atoms with Crippen molar-refractivity contribution in [2.75, 3.05) is 24.7 Å². The first-order chi connectivity index (χ1) is 16.0. The largest absolute Gasteiger partial charge is 0.481 e. The quantitative estimate of drug-likeness (QED) is 0.603. The second-order valence-corrected chi connectivity index (χ2v) is 8.68. The maximum Gasteiger partial charge on any atom is 0.314 e. The molecule has 9 heteroatoms. The van der Waals surface area contributed by atoms with E-state index >= 15 is 0 Å². The SMILES string of the molecule is Cc1noc(C)c1C1CN(N(c2ccc(C3(C(=O)O)CCC3)cc2)c2ccncn2)CCO1. The highest BCUT2D eigenvalue weighted by atomic mass is 16.5. The molecule has 1 aliphatic heterocycles. The van der Waals surface area contributed by atoms with Crippen molar-refractivity contribution in [3.63, 3.8) is 0 Å². The number of ether oxygens (including phenoxy) is 1. The molecule has 1 atom stereocenters. The first-order valence-corrected chi connectivity index (χ1v) is 11.2. The molecule has 2 aromatic heterocycles. The van der Waals surface area contributed by atoms with Crippen molar-refractivity contribution < 1.29 is 19.2 Å². The van der Waals surface area contributed by atoms with Crippen LogP contribution in [0.15, 0.2) is 47.4 Å². The van der Waals surface area contributed by atoms with E-state index in [0.29, 0.717) is 32.5 Å². The minimum atomic E-state index is -0.758. The summed E-state index contributed by atoms with van der Waals surface area (Å²) in [4.78, 5) is 20.5. The maximum absolute atomic E-state index is 11.9. The zero-order valence-corrected chi connectivity index (χ0v) is 18.8. The van der Waals surface area contributed by atoms with Crippen LogP contribution in [-0.2, 0) is 14.9 Å². The van der Waals surface area contributed by atoms with Crippen LogP contribution in [0.5, 0.6) is 0 Å². The van der Waals surface area contributed by atoms with E-state index in [9.17, 15) is 9.90 Å². The number of aliphatic carboxylic acids is 1. The van der Waals surface area contributed by atoms with E-state index in [0.717, 1.165) is 40.5 Å². The fourth-order valence-corrected chi connectivity index (χ4v) is 4.87. The molecule has 0 spiro atoms. The number of morpholine rings is 1. The van der Waals surface area contributed by atoms with Crippen molar-refractivity contribution in [2.24, 2.45) is 0 Å². The van der Waals surface area contributed by atoms with Crippen LogP contribution in [0.3, 0.4) is 0 Å². The van der Waals surface area contributed by atoms with Gasteiger partial charge in [0.2, 0.25) is 0 Å². The van der Waals surface area contributed by atoms with Crippen molar-refractivity contribution in [2.45, 2.75) is 44.6 Å². The molecule has 1 aromatic carbocycles. The number of aryl methyl sites for hydroxylation is 2. The fraction of sp³-hybridized carbons (Fsp3) is 0.417. The van der Waals surface area contributed by atoms with Crippen LogP contribution in [0.25, 0.3) is 0 Å². The van der Waals surface area contributed by atoms with Crippen molar-refractivity contribution in [1.82, 2.24) is 20.1 Å². The Morgan fingerprint density at radius 2 is 2.00 bits per heavy atom. The summed E-state index contributed by atoms with van der Waals surface area (Å²) in [6.07, 6.45) is 5.36. The van der Waals surface area contributed by atoms with E-state index in [-0.39, 0.29) is 6.10 Å². The van der Waals surface area contributed by atoms with Crippen LogP contribution in [0, 0.1) is 13.8 Å². The number of aromatic nitrogens is 3. The first-order valence-electron chi connectivity index (χ1n) is 11.2. The molecule has 2 aliphatic rings. The third-order valence-electron chi connectivity index (χ3n) is 6.80. The molecule has 5 rings (SSSR count). The lowest BCUT2D eigenvalue weighted by Crippen LogP contribution is -2.48. The molecule has 172 valence electrons. The van der Waals surface area contributed by atoms with Gasteiger partial charge in [0.1, 0.15) is 18.2 Å². The standard InChI is InChI=1S/C24H27N5O4/c1-16-22(17(2)33-27-16)20-14-28(12-13-32-20)29(21-8-11-25-15-26-21)19-6-4-18(5-7-19)24(23(30)31)9-3-10-24/h4-8,11,15,20H,3,9-10,12-14H2,1-2H3,(H,30,31). The van der Waals surface area contributed by atoms with Crippen LogP contribution in [0.2, 0.25) is 0 Å². The second-order valence-electron chi connectivity index (χ2n) is 8.68. The number of carbonyl (C=O) groups is 1. The van der Waals surface area contributed by atoms with Gasteiger partial charge in [-0.15, -0.1) is 0 Å². The van der Waals surface area contributed by atoms with Crippen molar-refractivity contribution in [3.05, 3.63) is 65.4 Å². The Balaban J connectivity index is 1.48. The number of hydrazine groups is 1. The number of carboxylic acids is 1. The molecule has 0 amide bonds. The van der Waals surface area contributed by atoms with Gasteiger partial charge in [0.15, 0.2) is 5.82 Å². The number of benzene rings is 1. The van der Waals surface area contributed by atoms with Gasteiger partial charge < -0.3 is 14.4 Å². The van der Waals surface area contributed by atoms with E-state index in [4.69, 9.17) is 9.26 Å². The Morgan fingerprint density at radius 3 is 2.58 bits per heavy atom. The molecular formula is C24H27N5O4. The zero-order valence-electron chi connectivity index (χ0n) is 18.8. The van der Waals surface area contributed by atoms with Gasteiger partial charge in [-0.25, -0.2) is 15.0 Å². The number of anilines is 2. The Morgan fingerprint density at radius 1 is 1.21 bits per heavy atom. The van der Waals surface area contributed by atoms with Crippen LogP contribution < -0.4 is 5.01 Å². The average Bonchev–Trinajstić information content (AvgIpc) is 3.13. The normalized spacial score (nSPS) is 20.2. The molecule has 1 saturated carbocycles. The Hall–Kier alpha value is -3.30. The summed E-state index contributed by atoms with van der Waals surface area (Å²) in [6.45, 7) is 5.63. The average molecular weight is 450 g/mol. The number of carboxylic acid groups (broad SMARTS) is 1. The third kappa shape index (κ3) is 3.77. The molecule has 1 N–H and O–H groups in total. The molecule has 2 fully saturated rings. The van der Waals surface area contributed by atoms with Crippen LogP contribution in [0.4, 0.5) is 11.5 Å². The predicted molar refractivity (Wildman–Crippen MR) is 120 cm³/mol. The van der Waals surface area contributed by atoms with Crippen molar-refractivity contribution >= 4 is 17.5 Å². The van der Waals surface area contributed by atoms with E-state index in [1.165, 1.54) is 6.33 Å². The molecule has 3 aromatic rings. The number of hydrogen-bond acceptors (Lipinski definition) is 8. The monoisotopic (exact) mass is 449 g/mol. The van der Waals surface area contributed by atoms with Crippen molar-refractivity contribution in [3.8, 4) is 0 Å². The van der Waals surface area contributed by atoms with Gasteiger partial charge in [0.05, 0.1) is 23.4 Å². The van der Waals surface area contributed by atoms with Crippen molar-refractivity contribution in [1.29, 1.82) is 0 Å². The van der Waals surface area contributed by atoms with E-state index < -0.39 is 11.4 Å². The molecule has 1 saturated heterocycles. The van der Waals surface area contributed by atoms with Gasteiger partial charge >= 0.3 is 5.97 Å². The van der Waals surface area contributed by atoms with Gasteiger partial charge in [-0.1, -0.05) is 23.7 Å². The third-order valence-corrected chi connectivity index (χ3v) is 6.80. The summed E-state index contributed by atoms with van der Waals surface area (Å²) < 4.78 is 11.4. The summed E-state index contributed by atoms with van der Waals surface area (Å²) >= 11 is 0. The summed E-state index contributed by atoms with van der Waals surface area (Å²) in [5.74, 6) is 0.746. The Kier molecular flexibility index (Phi) is 5.59. The molecule has 9 nitrogen and oxygen atoms in total. The van der Waals surface area contributed by atoms with E-state index in [1.54, 1.807) is 6.20 Å². The highest BCUT2D eigenvalue weighted by molar-refractivity contribution is 5.82. The van der Waals surface area contributed by atoms with Gasteiger partial charge in [0.25, 0.3) is 0 Å². The Bertz CT molecular complexity index is 1110. The van der Waals surface area contributed by atoms with E-state index in [2.05, 4.69) is 20.1 Å². The summed E-state index contributed by atoms with van der Waals surface area (Å²) in [6, 6.07) is 9.67. The Labute approximate surface area is 192 Å². The summed E-state index contributed by atoms with van der Waals surface area (Å²) in [5, 5.41) is 18.1. The van der Waals surface area contributed by atoms with Gasteiger partial charge in [-0.05, 0) is 44.4 Å². The molecule has 3 heterocycles. The minimum Gasteiger partial charge on any atom is -0.481 e. The molecule has 1 unspecified atom stereocenters. The molecule has 1 aliphatic carbocycles. The summed E-state index contributed by atoms with van der Waals surface area (Å²) in [7, 11) is 0. The number of hydrogen-bond donors (Lipinski definition) is 1. The number of rotatable bonds is 6. The highest BCUT2D eigenvalue weighted by Crippen LogP contribution is 2.44. The fourth-order valence-electron chi connectivity index (χ4n) is 4.87. The van der Waals surface area contributed by atoms with Gasteiger partial charge in [0, 0.05) is 30.9 Å². The molecule has 33 heavy (non-hydrogen) atoms. The minimum absolute atomic E-state index is 0.182. The lowest BCUT2D eigenvalue weighted by atomic mass is 9.64.